The second-order valence-corrected chi connectivity index (χ2v) is 5.91. The number of aromatic nitrogens is 2. The molecule has 0 radical (unpaired) electrons. The molecule has 0 aliphatic carbocycles. The van der Waals surface area contributed by atoms with Gasteiger partial charge in [0.2, 0.25) is 0 Å². The van der Waals surface area contributed by atoms with Crippen LogP contribution in [0.2, 0.25) is 0 Å². The Hall–Kier alpha value is -2.41. The maximum Gasteiger partial charge on any atom is 0.315 e. The third-order valence-electron chi connectivity index (χ3n) is 4.05. The van der Waals surface area contributed by atoms with Gasteiger partial charge in [0.15, 0.2) is 0 Å². The van der Waals surface area contributed by atoms with Crippen molar-refractivity contribution in [3.8, 4) is 5.69 Å². The fraction of sp³-hybridized carbons (Fsp3) is 0.412. The number of hydrogen-bond donors (Lipinski definition) is 3. The van der Waals surface area contributed by atoms with Crippen molar-refractivity contribution >= 4 is 6.03 Å². The van der Waals surface area contributed by atoms with Gasteiger partial charge in [-0.15, -0.1) is 0 Å². The molecule has 1 aromatic heterocycles. The highest BCUT2D eigenvalue weighted by Crippen LogP contribution is 2.16. The standard InChI is InChI=1S/C17H23FN4O2/c1-11(10-23)12(2)21-17(24)20-9-14-4-5-16(15(18)8-14)22-7-6-19-13(22)3/h4-8,11-12,23H,9-10H2,1-3H3,(H2,20,21,24). The summed E-state index contributed by atoms with van der Waals surface area (Å²) in [5.74, 6) is 0.287. The molecule has 2 rings (SSSR count). The van der Waals surface area contributed by atoms with Gasteiger partial charge in [0.25, 0.3) is 0 Å². The van der Waals surface area contributed by atoms with Crippen LogP contribution in [0.1, 0.15) is 25.2 Å². The molecule has 0 aliphatic heterocycles. The topological polar surface area (TPSA) is 79.2 Å². The average molecular weight is 334 g/mol. The zero-order valence-corrected chi connectivity index (χ0v) is 14.1. The number of hydrogen-bond acceptors (Lipinski definition) is 3. The van der Waals surface area contributed by atoms with Crippen LogP contribution in [0.4, 0.5) is 9.18 Å². The van der Waals surface area contributed by atoms with E-state index in [1.807, 2.05) is 13.8 Å². The summed E-state index contributed by atoms with van der Waals surface area (Å²) in [7, 11) is 0. The minimum atomic E-state index is -0.377. The van der Waals surface area contributed by atoms with Crippen LogP contribution in [0, 0.1) is 18.7 Å². The number of amides is 2. The van der Waals surface area contributed by atoms with E-state index in [4.69, 9.17) is 5.11 Å². The molecule has 130 valence electrons. The molecule has 0 fully saturated rings. The number of carbonyl (C=O) groups is 1. The molecule has 0 saturated heterocycles. The molecule has 0 saturated carbocycles. The third-order valence-corrected chi connectivity index (χ3v) is 4.05. The van der Waals surface area contributed by atoms with Crippen LogP contribution in [0.3, 0.4) is 0 Å². The van der Waals surface area contributed by atoms with Gasteiger partial charge in [0, 0.05) is 31.6 Å². The van der Waals surface area contributed by atoms with E-state index in [0.717, 1.165) is 0 Å². The van der Waals surface area contributed by atoms with Crippen molar-refractivity contribution in [3.63, 3.8) is 0 Å². The number of aliphatic hydroxyl groups is 1. The molecule has 6 nitrogen and oxygen atoms in total. The number of benzene rings is 1. The lowest BCUT2D eigenvalue weighted by molar-refractivity contribution is 0.200. The normalized spacial score (nSPS) is 13.4. The summed E-state index contributed by atoms with van der Waals surface area (Å²) in [4.78, 5) is 15.9. The smallest absolute Gasteiger partial charge is 0.315 e. The minimum Gasteiger partial charge on any atom is -0.396 e. The zero-order valence-electron chi connectivity index (χ0n) is 14.1. The Bertz CT molecular complexity index is 702. The second kappa shape index (κ2) is 7.92. The molecule has 1 heterocycles. The van der Waals surface area contributed by atoms with Crippen LogP contribution in [-0.2, 0) is 6.54 Å². The molecule has 0 spiro atoms. The maximum absolute atomic E-state index is 14.3. The van der Waals surface area contributed by atoms with Crippen LogP contribution in [0.25, 0.3) is 5.69 Å². The molecule has 0 bridgehead atoms. The lowest BCUT2D eigenvalue weighted by Gasteiger charge is -2.19. The lowest BCUT2D eigenvalue weighted by Crippen LogP contribution is -2.43. The average Bonchev–Trinajstić information content (AvgIpc) is 2.98. The Labute approximate surface area is 140 Å². The first-order valence-corrected chi connectivity index (χ1v) is 7.86. The fourth-order valence-corrected chi connectivity index (χ4v) is 2.23. The molecule has 2 aromatic rings. The van der Waals surface area contributed by atoms with E-state index in [9.17, 15) is 9.18 Å². The summed E-state index contributed by atoms with van der Waals surface area (Å²) in [6.45, 7) is 5.68. The highest BCUT2D eigenvalue weighted by Gasteiger charge is 2.14. The largest absolute Gasteiger partial charge is 0.396 e. The van der Waals surface area contributed by atoms with Gasteiger partial charge in [0.05, 0.1) is 5.69 Å². The molecular formula is C17H23FN4O2. The number of aryl methyl sites for hydroxylation is 1. The van der Waals surface area contributed by atoms with Gasteiger partial charge in [-0.1, -0.05) is 13.0 Å². The molecule has 3 N–H and O–H groups in total. The predicted molar refractivity (Wildman–Crippen MR) is 89.3 cm³/mol. The highest BCUT2D eigenvalue weighted by atomic mass is 19.1. The van der Waals surface area contributed by atoms with Gasteiger partial charge in [-0.2, -0.15) is 0 Å². The Kier molecular flexibility index (Phi) is 5.92. The van der Waals surface area contributed by atoms with Crippen LogP contribution in [-0.4, -0.2) is 33.3 Å². The molecule has 2 unspecified atom stereocenters. The molecule has 0 aliphatic rings. The van der Waals surface area contributed by atoms with Crippen LogP contribution >= 0.6 is 0 Å². The molecule has 1 aromatic carbocycles. The van der Waals surface area contributed by atoms with E-state index in [1.165, 1.54) is 6.07 Å². The van der Waals surface area contributed by atoms with Crippen molar-refractivity contribution in [2.45, 2.75) is 33.4 Å². The summed E-state index contributed by atoms with van der Waals surface area (Å²) >= 11 is 0. The molecule has 2 amide bonds. The number of imidazole rings is 1. The van der Waals surface area contributed by atoms with Gasteiger partial charge < -0.3 is 20.3 Å². The Morgan fingerprint density at radius 2 is 2.17 bits per heavy atom. The number of halogens is 1. The van der Waals surface area contributed by atoms with Crippen molar-refractivity contribution in [2.75, 3.05) is 6.61 Å². The highest BCUT2D eigenvalue weighted by molar-refractivity contribution is 5.74. The summed E-state index contributed by atoms with van der Waals surface area (Å²) in [5, 5.41) is 14.5. The summed E-state index contributed by atoms with van der Waals surface area (Å²) in [6, 6.07) is 4.32. The van der Waals surface area contributed by atoms with Crippen LogP contribution in [0.5, 0.6) is 0 Å². The van der Waals surface area contributed by atoms with Gasteiger partial charge in [0.1, 0.15) is 11.6 Å². The quantitative estimate of drug-likeness (QED) is 0.757. The zero-order chi connectivity index (χ0) is 17.7. The molecule has 24 heavy (non-hydrogen) atoms. The molecule has 2 atom stereocenters. The summed E-state index contributed by atoms with van der Waals surface area (Å²) in [6.07, 6.45) is 3.31. The Morgan fingerprint density at radius 1 is 1.42 bits per heavy atom. The monoisotopic (exact) mass is 334 g/mol. The van der Waals surface area contributed by atoms with Crippen molar-refractivity contribution in [3.05, 3.63) is 47.8 Å². The first-order chi connectivity index (χ1) is 11.4. The number of nitrogens with one attached hydrogen (secondary N) is 2. The number of carbonyl (C=O) groups excluding carboxylic acids is 1. The first kappa shape index (κ1) is 17.9. The minimum absolute atomic E-state index is 0.00177. The van der Waals surface area contributed by atoms with Crippen molar-refractivity contribution < 1.29 is 14.3 Å². The van der Waals surface area contributed by atoms with E-state index in [2.05, 4.69) is 15.6 Å². The van der Waals surface area contributed by atoms with Crippen molar-refractivity contribution in [1.82, 2.24) is 20.2 Å². The van der Waals surface area contributed by atoms with E-state index in [-0.39, 0.29) is 37.0 Å². The number of nitrogens with zero attached hydrogens (tertiary/aromatic N) is 2. The molecule has 7 heteroatoms. The van der Waals surface area contributed by atoms with Crippen molar-refractivity contribution in [2.24, 2.45) is 5.92 Å². The maximum atomic E-state index is 14.3. The van der Waals surface area contributed by atoms with Gasteiger partial charge in [-0.3, -0.25) is 0 Å². The molecular weight excluding hydrogens is 311 g/mol. The van der Waals surface area contributed by atoms with E-state index >= 15 is 0 Å². The third kappa shape index (κ3) is 4.32. The SMILES string of the molecule is Cc1nccn1-c1ccc(CNC(=O)NC(C)C(C)CO)cc1F. The van der Waals surface area contributed by atoms with E-state index in [0.29, 0.717) is 17.1 Å². The van der Waals surface area contributed by atoms with E-state index < -0.39 is 0 Å². The summed E-state index contributed by atoms with van der Waals surface area (Å²) < 4.78 is 15.9. The predicted octanol–water partition coefficient (Wildman–Crippen LogP) is 2.14. The lowest BCUT2D eigenvalue weighted by atomic mass is 10.1. The Balaban J connectivity index is 1.96. The first-order valence-electron chi connectivity index (χ1n) is 7.86. The number of urea groups is 1. The van der Waals surface area contributed by atoms with E-state index in [1.54, 1.807) is 36.0 Å². The fourth-order valence-electron chi connectivity index (χ4n) is 2.23. The van der Waals surface area contributed by atoms with Crippen molar-refractivity contribution in [1.29, 1.82) is 0 Å². The van der Waals surface area contributed by atoms with Crippen LogP contribution in [0.15, 0.2) is 30.6 Å². The number of rotatable bonds is 6. The van der Waals surface area contributed by atoms with Gasteiger partial charge in [-0.25, -0.2) is 14.2 Å². The number of aliphatic hydroxyl groups excluding tert-OH is 1. The summed E-state index contributed by atoms with van der Waals surface area (Å²) in [5.41, 5.74) is 1.08. The van der Waals surface area contributed by atoms with Gasteiger partial charge >= 0.3 is 6.03 Å². The second-order valence-electron chi connectivity index (χ2n) is 5.91. The van der Waals surface area contributed by atoms with Gasteiger partial charge in [-0.05, 0) is 37.5 Å². The Morgan fingerprint density at radius 3 is 2.75 bits per heavy atom. The van der Waals surface area contributed by atoms with Crippen LogP contribution < -0.4 is 10.6 Å².